The number of anilines is 1. The second-order valence-corrected chi connectivity index (χ2v) is 9.29. The van der Waals surface area contributed by atoms with Crippen molar-refractivity contribution in [2.24, 2.45) is 0 Å². The fraction of sp³-hybridized carbons (Fsp3) is 0.267. The lowest BCUT2D eigenvalue weighted by Gasteiger charge is -2.36. The molecule has 38 heavy (non-hydrogen) atoms. The number of nitrogens with one attached hydrogen (secondary N) is 2. The number of nitrogens with zero attached hydrogens (tertiary/aromatic N) is 2. The minimum atomic E-state index is -1.27. The van der Waals surface area contributed by atoms with Gasteiger partial charge in [-0.25, -0.2) is 5.48 Å². The molecule has 196 valence electrons. The number of hydrogen-bond donors (Lipinski definition) is 4. The number of para-hydroxylation sites is 1. The van der Waals surface area contributed by atoms with Crippen molar-refractivity contribution >= 4 is 17.5 Å². The minimum Gasteiger partial charge on any atom is -0.391 e. The highest BCUT2D eigenvalue weighted by Gasteiger charge is 2.25. The van der Waals surface area contributed by atoms with Crippen molar-refractivity contribution in [1.82, 2.24) is 15.7 Å². The van der Waals surface area contributed by atoms with Gasteiger partial charge in [0.1, 0.15) is 6.04 Å². The predicted octanol–water partition coefficient (Wildman–Crippen LogP) is 2.39. The summed E-state index contributed by atoms with van der Waals surface area (Å²) in [6, 6.07) is 24.2. The van der Waals surface area contributed by atoms with Crippen LogP contribution in [0.15, 0.2) is 78.9 Å². The largest absolute Gasteiger partial charge is 0.391 e. The maximum atomic E-state index is 12.4. The van der Waals surface area contributed by atoms with Crippen LogP contribution in [0.1, 0.15) is 34.0 Å². The number of aliphatic hydroxyl groups excluding tert-OH is 1. The molecule has 8 nitrogen and oxygen atoms in total. The van der Waals surface area contributed by atoms with E-state index >= 15 is 0 Å². The molecule has 4 rings (SSSR count). The van der Waals surface area contributed by atoms with Crippen LogP contribution in [0.3, 0.4) is 0 Å². The number of benzene rings is 3. The Bertz CT molecular complexity index is 1270. The Morgan fingerprint density at radius 2 is 1.45 bits per heavy atom. The first-order valence-electron chi connectivity index (χ1n) is 12.6. The Labute approximate surface area is 222 Å². The quantitative estimate of drug-likeness (QED) is 0.220. The van der Waals surface area contributed by atoms with E-state index in [-0.39, 0.29) is 0 Å². The van der Waals surface area contributed by atoms with Crippen molar-refractivity contribution in [3.63, 3.8) is 0 Å². The van der Waals surface area contributed by atoms with Gasteiger partial charge in [-0.05, 0) is 61.0 Å². The van der Waals surface area contributed by atoms with Crippen molar-refractivity contribution in [3.05, 3.63) is 101 Å². The van der Waals surface area contributed by atoms with Gasteiger partial charge >= 0.3 is 0 Å². The van der Waals surface area contributed by atoms with Crippen molar-refractivity contribution in [1.29, 1.82) is 0 Å². The molecule has 1 aliphatic heterocycles. The van der Waals surface area contributed by atoms with E-state index in [1.807, 2.05) is 18.2 Å². The number of carbonyl (C=O) groups excluding carboxylic acids is 2. The third-order valence-corrected chi connectivity index (χ3v) is 6.51. The average molecular weight is 513 g/mol. The Balaban J connectivity index is 1.28. The molecule has 2 atom stereocenters. The van der Waals surface area contributed by atoms with E-state index in [4.69, 9.17) is 5.21 Å². The number of aliphatic hydroxyl groups is 1. The molecule has 0 radical (unpaired) electrons. The smallest absolute Gasteiger partial charge is 0.268 e. The first kappa shape index (κ1) is 26.9. The molecule has 0 saturated carbocycles. The van der Waals surface area contributed by atoms with Crippen LogP contribution in [0, 0.1) is 11.8 Å². The zero-order chi connectivity index (χ0) is 26.9. The standard InChI is InChI=1S/C30H32N4O4/c1-22(35)28(30(37)32-38)31-29(36)26-15-13-24(14-16-26)8-7-23-9-11-25(12-10-23)21-33-17-19-34(20-18-33)27-5-3-2-4-6-27/h2-6,9-16,22,28,35,38H,17-21H2,1H3,(H,31,36)(H,32,37)/t22-,28+/m1/s1. The highest BCUT2D eigenvalue weighted by atomic mass is 16.5. The third-order valence-electron chi connectivity index (χ3n) is 6.51. The van der Waals surface area contributed by atoms with Crippen LogP contribution in [0.2, 0.25) is 0 Å². The van der Waals surface area contributed by atoms with Gasteiger partial charge in [0.15, 0.2) is 0 Å². The predicted molar refractivity (Wildman–Crippen MR) is 146 cm³/mol. The summed E-state index contributed by atoms with van der Waals surface area (Å²) >= 11 is 0. The number of rotatable bonds is 7. The van der Waals surface area contributed by atoms with Crippen LogP contribution < -0.4 is 15.7 Å². The van der Waals surface area contributed by atoms with Crippen LogP contribution in [0.25, 0.3) is 0 Å². The normalized spacial score (nSPS) is 15.1. The Kier molecular flexibility index (Phi) is 9.11. The molecule has 3 aromatic rings. The number of hydroxylamine groups is 1. The Hall–Kier alpha value is -4.16. The van der Waals surface area contributed by atoms with Gasteiger partial charge in [-0.15, -0.1) is 0 Å². The van der Waals surface area contributed by atoms with E-state index in [2.05, 4.69) is 63.4 Å². The summed E-state index contributed by atoms with van der Waals surface area (Å²) < 4.78 is 0. The molecule has 0 bridgehead atoms. The van der Waals surface area contributed by atoms with Crippen LogP contribution in [-0.2, 0) is 11.3 Å². The molecular weight excluding hydrogens is 480 g/mol. The van der Waals surface area contributed by atoms with Crippen molar-refractivity contribution in [2.45, 2.75) is 25.6 Å². The highest BCUT2D eigenvalue weighted by Crippen LogP contribution is 2.17. The number of piperazine rings is 1. The van der Waals surface area contributed by atoms with Gasteiger partial charge in [0.2, 0.25) is 0 Å². The summed E-state index contributed by atoms with van der Waals surface area (Å²) in [5, 5.41) is 20.9. The maximum Gasteiger partial charge on any atom is 0.268 e. The molecule has 0 aromatic heterocycles. The summed E-state index contributed by atoms with van der Waals surface area (Å²) in [5.41, 5.74) is 5.92. The molecule has 1 saturated heterocycles. The number of hydrogen-bond acceptors (Lipinski definition) is 6. The third kappa shape index (κ3) is 7.20. The van der Waals surface area contributed by atoms with Gasteiger partial charge in [0.05, 0.1) is 6.10 Å². The van der Waals surface area contributed by atoms with Gasteiger partial charge in [-0.3, -0.25) is 19.7 Å². The van der Waals surface area contributed by atoms with Gasteiger partial charge in [-0.2, -0.15) is 0 Å². The summed E-state index contributed by atoms with van der Waals surface area (Å²) in [4.78, 5) is 28.9. The van der Waals surface area contributed by atoms with E-state index < -0.39 is 24.0 Å². The van der Waals surface area contributed by atoms with E-state index in [1.54, 1.807) is 24.3 Å². The lowest BCUT2D eigenvalue weighted by Crippen LogP contribution is -2.51. The highest BCUT2D eigenvalue weighted by molar-refractivity contribution is 5.97. The Morgan fingerprint density at radius 1 is 0.868 bits per heavy atom. The van der Waals surface area contributed by atoms with Gasteiger partial charge in [0, 0.05) is 55.1 Å². The second kappa shape index (κ2) is 12.9. The summed E-state index contributed by atoms with van der Waals surface area (Å²) in [6.45, 7) is 6.35. The molecule has 0 aliphatic carbocycles. The topological polar surface area (TPSA) is 105 Å². The fourth-order valence-electron chi connectivity index (χ4n) is 4.30. The van der Waals surface area contributed by atoms with Crippen LogP contribution in [-0.4, -0.2) is 65.4 Å². The summed E-state index contributed by atoms with van der Waals surface area (Å²) in [6.07, 6.45) is -1.17. The molecular formula is C30H32N4O4. The molecule has 0 unspecified atom stereocenters. The molecule has 1 aliphatic rings. The van der Waals surface area contributed by atoms with Gasteiger partial charge in [0.25, 0.3) is 11.8 Å². The zero-order valence-electron chi connectivity index (χ0n) is 21.3. The molecule has 2 amide bonds. The van der Waals surface area contributed by atoms with E-state index in [1.165, 1.54) is 23.7 Å². The zero-order valence-corrected chi connectivity index (χ0v) is 21.3. The summed E-state index contributed by atoms with van der Waals surface area (Å²) in [5.74, 6) is 4.81. The molecule has 0 spiro atoms. The first-order valence-corrected chi connectivity index (χ1v) is 12.6. The average Bonchev–Trinajstić information content (AvgIpc) is 2.96. The molecule has 4 N–H and O–H groups in total. The fourth-order valence-corrected chi connectivity index (χ4v) is 4.30. The van der Waals surface area contributed by atoms with Crippen LogP contribution >= 0.6 is 0 Å². The first-order chi connectivity index (χ1) is 18.4. The second-order valence-electron chi connectivity index (χ2n) is 9.29. The maximum absolute atomic E-state index is 12.4. The SMILES string of the molecule is C[C@@H](O)[C@H](NC(=O)c1ccc(C#Cc2ccc(CN3CCN(c4ccccc4)CC3)cc2)cc1)C(=O)NO. The van der Waals surface area contributed by atoms with Crippen molar-refractivity contribution in [2.75, 3.05) is 31.1 Å². The monoisotopic (exact) mass is 512 g/mol. The van der Waals surface area contributed by atoms with E-state index in [9.17, 15) is 14.7 Å². The Morgan fingerprint density at radius 3 is 2.00 bits per heavy atom. The van der Waals surface area contributed by atoms with Gasteiger partial charge < -0.3 is 15.3 Å². The lowest BCUT2D eigenvalue weighted by atomic mass is 10.1. The van der Waals surface area contributed by atoms with Crippen molar-refractivity contribution < 1.29 is 19.9 Å². The van der Waals surface area contributed by atoms with Gasteiger partial charge in [-0.1, -0.05) is 42.2 Å². The number of carbonyl (C=O) groups is 2. The minimum absolute atomic E-state index is 0.306. The van der Waals surface area contributed by atoms with Crippen LogP contribution in [0.5, 0.6) is 0 Å². The lowest BCUT2D eigenvalue weighted by molar-refractivity contribution is -0.133. The van der Waals surface area contributed by atoms with E-state index in [0.29, 0.717) is 5.56 Å². The van der Waals surface area contributed by atoms with Crippen molar-refractivity contribution in [3.8, 4) is 11.8 Å². The van der Waals surface area contributed by atoms with E-state index in [0.717, 1.165) is 43.9 Å². The van der Waals surface area contributed by atoms with Crippen LogP contribution in [0.4, 0.5) is 5.69 Å². The molecule has 8 heteroatoms. The summed E-state index contributed by atoms with van der Waals surface area (Å²) in [7, 11) is 0. The molecule has 1 heterocycles. The number of amides is 2. The molecule has 1 fully saturated rings. The molecule has 3 aromatic carbocycles.